The normalized spacial score (nSPS) is 18.4. The molecule has 2 heteroatoms. The molecule has 0 atom stereocenters. The van der Waals surface area contributed by atoms with Crippen molar-refractivity contribution >= 4 is 19.4 Å². The van der Waals surface area contributed by atoms with Gasteiger partial charge in [0.1, 0.15) is 7.85 Å². The SMILES string of the molecule is [B]c1ccccc1/C=C/C1CCNCC1. The Morgan fingerprint density at radius 3 is 2.67 bits per heavy atom. The van der Waals surface area contributed by atoms with E-state index in [4.69, 9.17) is 7.85 Å². The summed E-state index contributed by atoms with van der Waals surface area (Å²) in [6, 6.07) is 8.00. The summed E-state index contributed by atoms with van der Waals surface area (Å²) < 4.78 is 0. The highest BCUT2D eigenvalue weighted by Crippen LogP contribution is 2.14. The van der Waals surface area contributed by atoms with E-state index >= 15 is 0 Å². The van der Waals surface area contributed by atoms with Gasteiger partial charge < -0.3 is 5.32 Å². The summed E-state index contributed by atoms with van der Waals surface area (Å²) in [6.45, 7) is 2.28. The third-order valence-electron chi connectivity index (χ3n) is 2.93. The van der Waals surface area contributed by atoms with Crippen LogP contribution in [0.5, 0.6) is 0 Å². The van der Waals surface area contributed by atoms with Gasteiger partial charge in [-0.25, -0.2) is 0 Å². The molecular weight excluding hydrogens is 181 g/mol. The fourth-order valence-electron chi connectivity index (χ4n) is 1.94. The van der Waals surface area contributed by atoms with E-state index in [-0.39, 0.29) is 0 Å². The van der Waals surface area contributed by atoms with Crippen molar-refractivity contribution in [3.05, 3.63) is 35.9 Å². The Kier molecular flexibility index (Phi) is 3.62. The van der Waals surface area contributed by atoms with Crippen molar-refractivity contribution in [1.29, 1.82) is 0 Å². The quantitative estimate of drug-likeness (QED) is 0.708. The van der Waals surface area contributed by atoms with E-state index in [1.165, 1.54) is 12.8 Å². The Labute approximate surface area is 93.0 Å². The molecular formula is C13H16BN. The molecule has 0 unspecified atom stereocenters. The molecule has 0 amide bonds. The Bertz CT molecular complexity index is 340. The fourth-order valence-corrected chi connectivity index (χ4v) is 1.94. The summed E-state index contributed by atoms with van der Waals surface area (Å²) >= 11 is 0. The van der Waals surface area contributed by atoms with Crippen LogP contribution in [-0.4, -0.2) is 20.9 Å². The largest absolute Gasteiger partial charge is 0.317 e. The molecule has 1 saturated heterocycles. The summed E-state index contributed by atoms with van der Waals surface area (Å²) in [6.07, 6.45) is 6.93. The Balaban J connectivity index is 2.01. The minimum absolute atomic E-state index is 0.714. The van der Waals surface area contributed by atoms with Crippen LogP contribution in [0, 0.1) is 5.92 Å². The molecule has 1 aromatic rings. The maximum absolute atomic E-state index is 5.87. The highest BCUT2D eigenvalue weighted by Gasteiger charge is 2.08. The van der Waals surface area contributed by atoms with Crippen LogP contribution in [0.3, 0.4) is 0 Å². The summed E-state index contributed by atoms with van der Waals surface area (Å²) in [5, 5.41) is 3.37. The van der Waals surface area contributed by atoms with Crippen molar-refractivity contribution < 1.29 is 0 Å². The topological polar surface area (TPSA) is 12.0 Å². The third kappa shape index (κ3) is 2.97. The summed E-state index contributed by atoms with van der Waals surface area (Å²) in [4.78, 5) is 0. The molecule has 0 aromatic heterocycles. The second-order valence-electron chi connectivity index (χ2n) is 4.08. The average Bonchev–Trinajstić information content (AvgIpc) is 2.29. The van der Waals surface area contributed by atoms with Gasteiger partial charge in [0.05, 0.1) is 0 Å². The van der Waals surface area contributed by atoms with E-state index in [2.05, 4.69) is 23.5 Å². The number of nitrogens with one attached hydrogen (secondary N) is 1. The highest BCUT2D eigenvalue weighted by molar-refractivity contribution is 6.34. The lowest BCUT2D eigenvalue weighted by Gasteiger charge is -2.19. The Hall–Kier alpha value is -1.02. The zero-order valence-electron chi connectivity index (χ0n) is 8.95. The van der Waals surface area contributed by atoms with Crippen molar-refractivity contribution in [2.75, 3.05) is 13.1 Å². The zero-order chi connectivity index (χ0) is 10.5. The highest BCUT2D eigenvalue weighted by atomic mass is 14.9. The van der Waals surface area contributed by atoms with Gasteiger partial charge in [0.25, 0.3) is 0 Å². The van der Waals surface area contributed by atoms with Crippen molar-refractivity contribution in [2.24, 2.45) is 5.92 Å². The Morgan fingerprint density at radius 2 is 1.93 bits per heavy atom. The van der Waals surface area contributed by atoms with Crippen LogP contribution in [0.25, 0.3) is 6.08 Å². The van der Waals surface area contributed by atoms with E-state index in [1.807, 2.05) is 18.2 Å². The number of allylic oxidation sites excluding steroid dienone is 1. The number of hydrogen-bond donors (Lipinski definition) is 1. The van der Waals surface area contributed by atoms with Crippen molar-refractivity contribution in [3.63, 3.8) is 0 Å². The minimum atomic E-state index is 0.714. The monoisotopic (exact) mass is 197 g/mol. The number of hydrogen-bond acceptors (Lipinski definition) is 1. The van der Waals surface area contributed by atoms with Crippen LogP contribution in [0.4, 0.5) is 0 Å². The van der Waals surface area contributed by atoms with E-state index in [0.717, 1.165) is 24.1 Å². The first-order valence-corrected chi connectivity index (χ1v) is 5.59. The third-order valence-corrected chi connectivity index (χ3v) is 2.93. The summed E-state index contributed by atoms with van der Waals surface area (Å²) in [5.74, 6) is 0.714. The number of piperidine rings is 1. The predicted molar refractivity (Wildman–Crippen MR) is 66.5 cm³/mol. The minimum Gasteiger partial charge on any atom is -0.317 e. The molecule has 1 aliphatic rings. The van der Waals surface area contributed by atoms with Crippen molar-refractivity contribution in [1.82, 2.24) is 5.32 Å². The van der Waals surface area contributed by atoms with Crippen LogP contribution in [0.2, 0.25) is 0 Å². The lowest BCUT2D eigenvalue weighted by Crippen LogP contribution is -2.26. The van der Waals surface area contributed by atoms with Crippen molar-refractivity contribution in [2.45, 2.75) is 12.8 Å². The summed E-state index contributed by atoms with van der Waals surface area (Å²) in [5.41, 5.74) is 2.00. The first-order chi connectivity index (χ1) is 7.36. The molecule has 1 nitrogen and oxygen atoms in total. The smallest absolute Gasteiger partial charge is 0.114 e. The molecule has 1 heterocycles. The average molecular weight is 197 g/mol. The van der Waals surface area contributed by atoms with Gasteiger partial charge in [-0.2, -0.15) is 0 Å². The predicted octanol–water partition coefficient (Wildman–Crippen LogP) is 1.49. The van der Waals surface area contributed by atoms with E-state index in [9.17, 15) is 0 Å². The molecule has 76 valence electrons. The first kappa shape index (κ1) is 10.5. The number of benzene rings is 1. The molecule has 0 bridgehead atoms. The molecule has 1 N–H and O–H groups in total. The molecule has 1 aliphatic heterocycles. The van der Waals surface area contributed by atoms with E-state index in [1.54, 1.807) is 0 Å². The van der Waals surface area contributed by atoms with Gasteiger partial charge in [-0.1, -0.05) is 41.9 Å². The van der Waals surface area contributed by atoms with Gasteiger partial charge in [-0.15, -0.1) is 0 Å². The zero-order valence-corrected chi connectivity index (χ0v) is 8.95. The molecule has 2 rings (SSSR count). The maximum Gasteiger partial charge on any atom is 0.114 e. The van der Waals surface area contributed by atoms with Gasteiger partial charge in [-0.05, 0) is 37.4 Å². The van der Waals surface area contributed by atoms with Crippen LogP contribution in [0.15, 0.2) is 30.3 Å². The number of rotatable bonds is 2. The molecule has 15 heavy (non-hydrogen) atoms. The van der Waals surface area contributed by atoms with Gasteiger partial charge >= 0.3 is 0 Å². The standard InChI is InChI=1S/C13H16BN/c14-13-4-2-1-3-12(13)6-5-11-7-9-15-10-8-11/h1-6,11,15H,7-10H2/b6-5+. The second-order valence-corrected chi connectivity index (χ2v) is 4.08. The van der Waals surface area contributed by atoms with Crippen LogP contribution < -0.4 is 10.8 Å². The van der Waals surface area contributed by atoms with Crippen LogP contribution in [0.1, 0.15) is 18.4 Å². The van der Waals surface area contributed by atoms with Crippen LogP contribution >= 0.6 is 0 Å². The van der Waals surface area contributed by atoms with Crippen molar-refractivity contribution in [3.8, 4) is 0 Å². The van der Waals surface area contributed by atoms with Crippen LogP contribution in [-0.2, 0) is 0 Å². The molecule has 1 aromatic carbocycles. The lowest BCUT2D eigenvalue weighted by atomic mass is 9.89. The summed E-state index contributed by atoms with van der Waals surface area (Å²) in [7, 11) is 5.87. The van der Waals surface area contributed by atoms with Gasteiger partial charge in [-0.3, -0.25) is 0 Å². The van der Waals surface area contributed by atoms with E-state index in [0.29, 0.717) is 5.92 Å². The second kappa shape index (κ2) is 5.17. The van der Waals surface area contributed by atoms with E-state index < -0.39 is 0 Å². The van der Waals surface area contributed by atoms with Gasteiger partial charge in [0.2, 0.25) is 0 Å². The first-order valence-electron chi connectivity index (χ1n) is 5.59. The fraction of sp³-hybridized carbons (Fsp3) is 0.385. The molecule has 0 aliphatic carbocycles. The van der Waals surface area contributed by atoms with Gasteiger partial charge in [0, 0.05) is 0 Å². The molecule has 0 spiro atoms. The molecule has 2 radical (unpaired) electrons. The molecule has 0 saturated carbocycles. The molecule has 1 fully saturated rings. The Morgan fingerprint density at radius 1 is 1.20 bits per heavy atom. The van der Waals surface area contributed by atoms with Gasteiger partial charge in [0.15, 0.2) is 0 Å². The maximum atomic E-state index is 5.87. The lowest BCUT2D eigenvalue weighted by molar-refractivity contribution is 0.438.